The van der Waals surface area contributed by atoms with Crippen molar-refractivity contribution in [3.8, 4) is 0 Å². The fourth-order valence-corrected chi connectivity index (χ4v) is 2.58. The van der Waals surface area contributed by atoms with Gasteiger partial charge in [-0.1, -0.05) is 11.6 Å². The smallest absolute Gasteiger partial charge is 0.169 e. The summed E-state index contributed by atoms with van der Waals surface area (Å²) in [5, 5.41) is 9.26. The van der Waals surface area contributed by atoms with E-state index in [0.29, 0.717) is 6.54 Å². The topological polar surface area (TPSA) is 75.5 Å². The van der Waals surface area contributed by atoms with Crippen molar-refractivity contribution >= 4 is 28.7 Å². The van der Waals surface area contributed by atoms with E-state index in [9.17, 15) is 9.50 Å². The Morgan fingerprint density at radius 1 is 1.39 bits per heavy atom. The van der Waals surface area contributed by atoms with Crippen LogP contribution in [0.15, 0.2) is 6.07 Å². The lowest BCUT2D eigenvalue weighted by Crippen LogP contribution is -2.42. The van der Waals surface area contributed by atoms with Crippen LogP contribution in [-0.2, 0) is 0 Å². The molecule has 0 bridgehead atoms. The summed E-state index contributed by atoms with van der Waals surface area (Å²) in [6.45, 7) is 0.632. The standard InChI is InChI=1S/C12H17ClFN3O/c13-10-8(15)5-9(16)12(11(10)14)17-4-2-1-3-7(17)6-18/h5,7,18H,1-4,6,15-16H2. The van der Waals surface area contributed by atoms with Crippen LogP contribution >= 0.6 is 11.6 Å². The molecule has 5 N–H and O–H groups in total. The van der Waals surface area contributed by atoms with Gasteiger partial charge >= 0.3 is 0 Å². The number of piperidine rings is 1. The van der Waals surface area contributed by atoms with Gasteiger partial charge in [0.25, 0.3) is 0 Å². The van der Waals surface area contributed by atoms with Gasteiger partial charge in [-0.2, -0.15) is 0 Å². The summed E-state index contributed by atoms with van der Waals surface area (Å²) >= 11 is 5.82. The molecule has 1 aliphatic rings. The molecule has 0 aromatic heterocycles. The predicted octanol–water partition coefficient (Wildman–Crippen LogP) is 1.99. The van der Waals surface area contributed by atoms with Crippen LogP contribution in [0.1, 0.15) is 19.3 Å². The Kier molecular flexibility index (Phi) is 3.82. The third-order valence-electron chi connectivity index (χ3n) is 3.36. The van der Waals surface area contributed by atoms with E-state index in [2.05, 4.69) is 0 Å². The summed E-state index contributed by atoms with van der Waals surface area (Å²) in [6, 6.07) is 1.35. The summed E-state index contributed by atoms with van der Waals surface area (Å²) in [5.41, 5.74) is 12.1. The van der Waals surface area contributed by atoms with Gasteiger partial charge in [0, 0.05) is 6.54 Å². The first-order chi connectivity index (χ1) is 8.56. The second-order valence-electron chi connectivity index (χ2n) is 4.56. The lowest BCUT2D eigenvalue weighted by Gasteiger charge is -2.37. The summed E-state index contributed by atoms with van der Waals surface area (Å²) in [6.07, 6.45) is 2.78. The molecule has 1 saturated heterocycles. The van der Waals surface area contributed by atoms with Crippen molar-refractivity contribution < 1.29 is 9.50 Å². The minimum absolute atomic E-state index is 0.0269. The van der Waals surface area contributed by atoms with Crippen molar-refractivity contribution in [2.45, 2.75) is 25.3 Å². The molecule has 1 atom stereocenters. The molecular weight excluding hydrogens is 257 g/mol. The Bertz CT molecular complexity index is 455. The summed E-state index contributed by atoms with van der Waals surface area (Å²) in [7, 11) is 0. The van der Waals surface area contributed by atoms with Crippen LogP contribution in [0.5, 0.6) is 0 Å². The average molecular weight is 274 g/mol. The number of aliphatic hydroxyl groups is 1. The van der Waals surface area contributed by atoms with Crippen molar-refractivity contribution in [3.63, 3.8) is 0 Å². The van der Waals surface area contributed by atoms with Crippen molar-refractivity contribution in [1.29, 1.82) is 0 Å². The Morgan fingerprint density at radius 2 is 2.11 bits per heavy atom. The normalized spacial score (nSPS) is 20.2. The average Bonchev–Trinajstić information content (AvgIpc) is 2.37. The summed E-state index contributed by atoms with van der Waals surface area (Å²) in [4.78, 5) is 1.79. The van der Waals surface area contributed by atoms with Crippen LogP contribution in [0.3, 0.4) is 0 Å². The highest BCUT2D eigenvalue weighted by Gasteiger charge is 2.27. The monoisotopic (exact) mass is 273 g/mol. The number of benzene rings is 1. The number of nitrogens with two attached hydrogens (primary N) is 2. The summed E-state index contributed by atoms with van der Waals surface area (Å²) < 4.78 is 14.2. The molecule has 0 radical (unpaired) electrons. The zero-order valence-corrected chi connectivity index (χ0v) is 10.8. The van der Waals surface area contributed by atoms with Gasteiger partial charge in [-0.25, -0.2) is 4.39 Å². The van der Waals surface area contributed by atoms with Gasteiger partial charge in [0.15, 0.2) is 5.82 Å². The zero-order valence-electron chi connectivity index (χ0n) is 10.00. The van der Waals surface area contributed by atoms with E-state index in [1.807, 2.05) is 0 Å². The van der Waals surface area contributed by atoms with Crippen LogP contribution in [0, 0.1) is 5.82 Å². The highest BCUT2D eigenvalue weighted by Crippen LogP contribution is 2.38. The van der Waals surface area contributed by atoms with E-state index in [1.165, 1.54) is 6.07 Å². The highest BCUT2D eigenvalue weighted by atomic mass is 35.5. The van der Waals surface area contributed by atoms with E-state index in [0.717, 1.165) is 19.3 Å². The lowest BCUT2D eigenvalue weighted by atomic mass is 10.0. The molecule has 0 aliphatic carbocycles. The van der Waals surface area contributed by atoms with Crippen LogP contribution < -0.4 is 16.4 Å². The Hall–Kier alpha value is -1.20. The molecule has 0 spiro atoms. The molecule has 1 heterocycles. The molecule has 100 valence electrons. The van der Waals surface area contributed by atoms with Crippen molar-refractivity contribution in [3.05, 3.63) is 16.9 Å². The lowest BCUT2D eigenvalue weighted by molar-refractivity contribution is 0.239. The molecule has 1 aromatic carbocycles. The van der Waals surface area contributed by atoms with Gasteiger partial charge < -0.3 is 21.5 Å². The SMILES string of the molecule is Nc1cc(N)c(N2CCCCC2CO)c(F)c1Cl. The quantitative estimate of drug-likeness (QED) is 0.721. The van der Waals surface area contributed by atoms with E-state index in [1.54, 1.807) is 4.90 Å². The Morgan fingerprint density at radius 3 is 2.78 bits per heavy atom. The number of hydrogen-bond acceptors (Lipinski definition) is 4. The van der Waals surface area contributed by atoms with E-state index in [4.69, 9.17) is 23.1 Å². The van der Waals surface area contributed by atoms with Gasteiger partial charge in [-0.3, -0.25) is 0 Å². The minimum Gasteiger partial charge on any atom is -0.397 e. The third kappa shape index (κ3) is 2.20. The van der Waals surface area contributed by atoms with Gasteiger partial charge in [-0.15, -0.1) is 0 Å². The second-order valence-corrected chi connectivity index (χ2v) is 4.94. The zero-order chi connectivity index (χ0) is 13.3. The first-order valence-corrected chi connectivity index (χ1v) is 6.34. The molecule has 1 fully saturated rings. The highest BCUT2D eigenvalue weighted by molar-refractivity contribution is 6.33. The Balaban J connectivity index is 2.46. The fourth-order valence-electron chi connectivity index (χ4n) is 2.43. The number of rotatable bonds is 2. The number of nitrogen functional groups attached to an aromatic ring is 2. The predicted molar refractivity (Wildman–Crippen MR) is 72.3 cm³/mol. The number of nitrogens with zero attached hydrogens (tertiary/aromatic N) is 1. The Labute approximate surface area is 110 Å². The second kappa shape index (κ2) is 5.20. The molecule has 1 aliphatic heterocycles. The maximum absolute atomic E-state index is 14.2. The molecule has 0 saturated carbocycles. The minimum atomic E-state index is -0.602. The van der Waals surface area contributed by atoms with Gasteiger partial charge in [0.05, 0.1) is 29.7 Å². The van der Waals surface area contributed by atoms with Crippen LogP contribution in [0.25, 0.3) is 0 Å². The van der Waals surface area contributed by atoms with E-state index >= 15 is 0 Å². The first kappa shape index (κ1) is 13.2. The molecule has 1 aromatic rings. The molecule has 0 amide bonds. The van der Waals surface area contributed by atoms with Gasteiger partial charge in [0.2, 0.25) is 0 Å². The molecular formula is C12H17ClFN3O. The maximum Gasteiger partial charge on any atom is 0.169 e. The van der Waals surface area contributed by atoms with Gasteiger partial charge in [0.1, 0.15) is 5.02 Å². The van der Waals surface area contributed by atoms with Crippen LogP contribution in [0.4, 0.5) is 21.5 Å². The molecule has 6 heteroatoms. The van der Waals surface area contributed by atoms with Crippen LogP contribution in [0.2, 0.25) is 5.02 Å². The number of anilines is 3. The van der Waals surface area contributed by atoms with Crippen molar-refractivity contribution in [2.24, 2.45) is 0 Å². The summed E-state index contributed by atoms with van der Waals surface area (Å²) in [5.74, 6) is -0.602. The van der Waals surface area contributed by atoms with Gasteiger partial charge in [-0.05, 0) is 25.3 Å². The largest absolute Gasteiger partial charge is 0.397 e. The number of halogens is 2. The van der Waals surface area contributed by atoms with Crippen molar-refractivity contribution in [1.82, 2.24) is 0 Å². The maximum atomic E-state index is 14.2. The van der Waals surface area contributed by atoms with Crippen LogP contribution in [-0.4, -0.2) is 24.3 Å². The third-order valence-corrected chi connectivity index (χ3v) is 3.75. The first-order valence-electron chi connectivity index (χ1n) is 5.96. The molecule has 1 unspecified atom stereocenters. The fraction of sp³-hybridized carbons (Fsp3) is 0.500. The molecule has 4 nitrogen and oxygen atoms in total. The van der Waals surface area contributed by atoms with E-state index in [-0.39, 0.29) is 34.7 Å². The molecule has 18 heavy (non-hydrogen) atoms. The van der Waals surface area contributed by atoms with E-state index < -0.39 is 5.82 Å². The van der Waals surface area contributed by atoms with Crippen molar-refractivity contribution in [2.75, 3.05) is 29.5 Å². The number of hydrogen-bond donors (Lipinski definition) is 3. The molecule has 2 rings (SSSR count). The number of aliphatic hydroxyl groups excluding tert-OH is 1.